The third kappa shape index (κ3) is 1.59. The number of aromatic nitrogens is 1. The van der Waals surface area contributed by atoms with E-state index >= 15 is 0 Å². The summed E-state index contributed by atoms with van der Waals surface area (Å²) in [6.07, 6.45) is 1.49. The molecule has 0 unspecified atom stereocenters. The van der Waals surface area contributed by atoms with E-state index in [0.717, 1.165) is 0 Å². The van der Waals surface area contributed by atoms with Crippen molar-refractivity contribution in [2.75, 3.05) is 4.90 Å². The van der Waals surface area contributed by atoms with Gasteiger partial charge in [-0.25, -0.2) is 4.90 Å². The van der Waals surface area contributed by atoms with Crippen molar-refractivity contribution in [1.82, 2.24) is 4.98 Å². The van der Waals surface area contributed by atoms with E-state index < -0.39 is 0 Å². The van der Waals surface area contributed by atoms with Gasteiger partial charge in [0.05, 0.1) is 22.3 Å². The molecule has 4 rings (SSSR count). The molecule has 21 heavy (non-hydrogen) atoms. The molecule has 0 saturated carbocycles. The predicted molar refractivity (Wildman–Crippen MR) is 79.3 cm³/mol. The maximum absolute atomic E-state index is 12.7. The minimum Gasteiger partial charge on any atom is -0.268 e. The first-order valence-corrected chi connectivity index (χ1v) is 6.59. The fraction of sp³-hybridized carbons (Fsp3) is 0. The average molecular weight is 274 g/mol. The second-order valence-electron chi connectivity index (χ2n) is 4.85. The van der Waals surface area contributed by atoms with Gasteiger partial charge in [0.2, 0.25) is 0 Å². The van der Waals surface area contributed by atoms with Gasteiger partial charge < -0.3 is 0 Å². The zero-order valence-electron chi connectivity index (χ0n) is 11.0. The number of hydrogen-bond acceptors (Lipinski definition) is 3. The van der Waals surface area contributed by atoms with E-state index in [1.807, 2.05) is 30.3 Å². The number of anilines is 1. The number of rotatable bonds is 1. The molecule has 2 aromatic carbocycles. The molecule has 2 amide bonds. The zero-order chi connectivity index (χ0) is 14.4. The first-order chi connectivity index (χ1) is 10.3. The number of carbonyl (C=O) groups is 2. The quantitative estimate of drug-likeness (QED) is 0.641. The summed E-state index contributed by atoms with van der Waals surface area (Å²) in [6.45, 7) is 0. The van der Waals surface area contributed by atoms with Gasteiger partial charge in [0.1, 0.15) is 0 Å². The van der Waals surface area contributed by atoms with Gasteiger partial charge >= 0.3 is 0 Å². The smallest absolute Gasteiger partial charge is 0.267 e. The molecule has 4 heteroatoms. The van der Waals surface area contributed by atoms with E-state index in [-0.39, 0.29) is 11.8 Å². The van der Waals surface area contributed by atoms with E-state index in [9.17, 15) is 9.59 Å². The number of benzene rings is 2. The monoisotopic (exact) mass is 274 g/mol. The lowest BCUT2D eigenvalue weighted by atomic mass is 10.1. The Labute approximate surface area is 120 Å². The fourth-order valence-electron chi connectivity index (χ4n) is 2.67. The summed E-state index contributed by atoms with van der Waals surface area (Å²) in [5, 5.41) is 0.715. The maximum atomic E-state index is 12.7. The molecule has 0 bridgehead atoms. The molecule has 0 fully saturated rings. The highest BCUT2D eigenvalue weighted by molar-refractivity contribution is 6.37. The molecule has 2 heterocycles. The lowest BCUT2D eigenvalue weighted by molar-refractivity contribution is 0.0926. The van der Waals surface area contributed by atoms with Crippen LogP contribution in [-0.4, -0.2) is 16.8 Å². The summed E-state index contributed by atoms with van der Waals surface area (Å²) in [5.74, 6) is -0.612. The molecule has 0 saturated heterocycles. The molecular weight excluding hydrogens is 264 g/mol. The molecule has 0 atom stereocenters. The van der Waals surface area contributed by atoms with Crippen molar-refractivity contribution in [2.24, 2.45) is 0 Å². The number of carbonyl (C=O) groups excluding carboxylic acids is 2. The standard InChI is InChI=1S/C17H10N2O2/c20-16-13-10-18-14-9-5-4-8-12(14)15(13)17(21)19(16)11-6-2-1-3-7-11/h1-10H. The predicted octanol–water partition coefficient (Wildman–Crippen LogP) is 3.04. The van der Waals surface area contributed by atoms with Gasteiger partial charge in [0.25, 0.3) is 11.8 Å². The van der Waals surface area contributed by atoms with Crippen LogP contribution in [0, 0.1) is 0 Å². The van der Waals surface area contributed by atoms with Crippen LogP contribution >= 0.6 is 0 Å². The van der Waals surface area contributed by atoms with Gasteiger partial charge in [-0.05, 0) is 18.2 Å². The van der Waals surface area contributed by atoms with Gasteiger partial charge in [0.15, 0.2) is 0 Å². The summed E-state index contributed by atoms with van der Waals surface area (Å²) in [5.41, 5.74) is 2.09. The minimum absolute atomic E-state index is 0.292. The van der Waals surface area contributed by atoms with Crippen LogP contribution in [0.1, 0.15) is 20.7 Å². The first-order valence-electron chi connectivity index (χ1n) is 6.59. The van der Waals surface area contributed by atoms with E-state index in [2.05, 4.69) is 4.98 Å². The van der Waals surface area contributed by atoms with Crippen LogP contribution in [-0.2, 0) is 0 Å². The summed E-state index contributed by atoms with van der Waals surface area (Å²) in [6, 6.07) is 16.3. The van der Waals surface area contributed by atoms with Crippen LogP contribution in [0.25, 0.3) is 10.9 Å². The minimum atomic E-state index is -0.320. The highest BCUT2D eigenvalue weighted by Crippen LogP contribution is 2.31. The molecule has 4 nitrogen and oxygen atoms in total. The third-order valence-corrected chi connectivity index (χ3v) is 3.64. The number of fused-ring (bicyclic) bond motifs is 3. The average Bonchev–Trinajstić information content (AvgIpc) is 2.80. The van der Waals surface area contributed by atoms with Crippen molar-refractivity contribution in [3.8, 4) is 0 Å². The van der Waals surface area contributed by atoms with E-state index in [1.54, 1.807) is 24.3 Å². The van der Waals surface area contributed by atoms with Gasteiger partial charge in [0, 0.05) is 11.6 Å². The number of hydrogen-bond donors (Lipinski definition) is 0. The topological polar surface area (TPSA) is 50.3 Å². The number of imide groups is 1. The first kappa shape index (κ1) is 11.8. The van der Waals surface area contributed by atoms with Gasteiger partial charge in [-0.1, -0.05) is 36.4 Å². The number of para-hydroxylation sites is 2. The van der Waals surface area contributed by atoms with Crippen LogP contribution in [0.4, 0.5) is 5.69 Å². The molecule has 1 aliphatic rings. The lowest BCUT2D eigenvalue weighted by Crippen LogP contribution is -2.29. The summed E-state index contributed by atoms with van der Waals surface area (Å²) in [7, 11) is 0. The Morgan fingerprint density at radius 3 is 2.33 bits per heavy atom. The van der Waals surface area contributed by atoms with E-state index in [4.69, 9.17) is 0 Å². The molecule has 0 aliphatic carbocycles. The fourth-order valence-corrected chi connectivity index (χ4v) is 2.67. The van der Waals surface area contributed by atoms with Crippen molar-refractivity contribution in [3.05, 3.63) is 71.9 Å². The van der Waals surface area contributed by atoms with Gasteiger partial charge in [-0.15, -0.1) is 0 Å². The van der Waals surface area contributed by atoms with Crippen LogP contribution < -0.4 is 4.90 Å². The second kappa shape index (κ2) is 4.24. The lowest BCUT2D eigenvalue weighted by Gasteiger charge is -2.13. The largest absolute Gasteiger partial charge is 0.268 e. The van der Waals surface area contributed by atoms with Gasteiger partial charge in [-0.3, -0.25) is 14.6 Å². The molecular formula is C17H10N2O2. The SMILES string of the molecule is O=C1c2cnc3ccccc3c2C(=O)N1c1ccccc1. The zero-order valence-corrected chi connectivity index (χ0v) is 11.0. The molecule has 100 valence electrons. The summed E-state index contributed by atoms with van der Waals surface area (Å²) in [4.78, 5) is 30.7. The maximum Gasteiger partial charge on any atom is 0.267 e. The number of amides is 2. The van der Waals surface area contributed by atoms with E-state index in [0.29, 0.717) is 27.7 Å². The molecule has 0 radical (unpaired) electrons. The van der Waals surface area contributed by atoms with Crippen molar-refractivity contribution < 1.29 is 9.59 Å². The van der Waals surface area contributed by atoms with Crippen molar-refractivity contribution in [1.29, 1.82) is 0 Å². The summed E-state index contributed by atoms with van der Waals surface area (Å²) < 4.78 is 0. The second-order valence-corrected chi connectivity index (χ2v) is 4.85. The van der Waals surface area contributed by atoms with Crippen LogP contribution in [0.3, 0.4) is 0 Å². The molecule has 0 N–H and O–H groups in total. The van der Waals surface area contributed by atoms with Crippen LogP contribution in [0.15, 0.2) is 60.8 Å². The van der Waals surface area contributed by atoms with Crippen molar-refractivity contribution in [3.63, 3.8) is 0 Å². The number of pyridine rings is 1. The summed E-state index contributed by atoms with van der Waals surface area (Å²) >= 11 is 0. The van der Waals surface area contributed by atoms with Crippen LogP contribution in [0.5, 0.6) is 0 Å². The Morgan fingerprint density at radius 1 is 0.810 bits per heavy atom. The Balaban J connectivity index is 1.97. The highest BCUT2D eigenvalue weighted by atomic mass is 16.2. The molecule has 3 aromatic rings. The number of nitrogens with zero attached hydrogens (tertiary/aromatic N) is 2. The highest BCUT2D eigenvalue weighted by Gasteiger charge is 2.38. The molecule has 1 aliphatic heterocycles. The Kier molecular flexibility index (Phi) is 2.38. The Morgan fingerprint density at radius 2 is 1.52 bits per heavy atom. The Hall–Kier alpha value is -3.01. The molecule has 0 spiro atoms. The molecule has 1 aromatic heterocycles. The van der Waals surface area contributed by atoms with Crippen LogP contribution in [0.2, 0.25) is 0 Å². The third-order valence-electron chi connectivity index (χ3n) is 3.64. The van der Waals surface area contributed by atoms with E-state index in [1.165, 1.54) is 11.1 Å². The van der Waals surface area contributed by atoms with Gasteiger partial charge in [-0.2, -0.15) is 0 Å². The Bertz CT molecular complexity index is 888. The normalized spacial score (nSPS) is 13.8. The van der Waals surface area contributed by atoms with Crippen molar-refractivity contribution >= 4 is 28.4 Å². The van der Waals surface area contributed by atoms with Crippen molar-refractivity contribution in [2.45, 2.75) is 0 Å².